The molecular formula is C10H9ClN2O2. The molecule has 0 spiro atoms. The molecule has 0 atom stereocenters. The number of aromatic carboxylic acids is 1. The largest absolute Gasteiger partial charge is 0.477 e. The lowest BCUT2D eigenvalue weighted by Gasteiger charge is -2.02. The predicted molar refractivity (Wildman–Crippen MR) is 57.5 cm³/mol. The second-order valence-electron chi connectivity index (χ2n) is 3.39. The number of carbonyl (C=O) groups is 1. The van der Waals surface area contributed by atoms with E-state index in [0.29, 0.717) is 16.1 Å². The number of carboxylic acids is 1. The Morgan fingerprint density at radius 1 is 1.53 bits per heavy atom. The van der Waals surface area contributed by atoms with E-state index in [9.17, 15) is 4.79 Å². The lowest BCUT2D eigenvalue weighted by molar-refractivity contribution is 0.0691. The number of aryl methyl sites for hydroxylation is 1. The van der Waals surface area contributed by atoms with Crippen molar-refractivity contribution in [2.24, 2.45) is 0 Å². The fraction of sp³-hybridized carbons (Fsp3) is 0.200. The van der Waals surface area contributed by atoms with Gasteiger partial charge in [-0.3, -0.25) is 0 Å². The molecule has 0 aliphatic rings. The van der Waals surface area contributed by atoms with Crippen LogP contribution in [-0.4, -0.2) is 21.0 Å². The Hall–Kier alpha value is -1.55. The van der Waals surface area contributed by atoms with Gasteiger partial charge < -0.3 is 10.1 Å². The fourth-order valence-corrected chi connectivity index (χ4v) is 1.71. The van der Waals surface area contributed by atoms with E-state index in [1.165, 1.54) is 6.07 Å². The maximum absolute atomic E-state index is 10.7. The molecule has 0 aliphatic heterocycles. The van der Waals surface area contributed by atoms with Crippen LogP contribution in [0.2, 0.25) is 5.02 Å². The number of halogens is 1. The van der Waals surface area contributed by atoms with Crippen LogP contribution in [0.25, 0.3) is 11.0 Å². The summed E-state index contributed by atoms with van der Waals surface area (Å²) in [5.74, 6) is -1.01. The van der Waals surface area contributed by atoms with Crippen molar-refractivity contribution in [2.45, 2.75) is 13.8 Å². The maximum Gasteiger partial charge on any atom is 0.352 e. The summed E-state index contributed by atoms with van der Waals surface area (Å²) in [7, 11) is 0. The number of carboxylic acid groups (broad SMARTS) is 1. The molecule has 78 valence electrons. The molecule has 0 bridgehead atoms. The van der Waals surface area contributed by atoms with Crippen molar-refractivity contribution in [3.63, 3.8) is 0 Å². The highest BCUT2D eigenvalue weighted by atomic mass is 35.5. The highest BCUT2D eigenvalue weighted by Gasteiger charge is 2.13. The number of pyridine rings is 1. The molecule has 2 rings (SSSR count). The van der Waals surface area contributed by atoms with E-state index in [4.69, 9.17) is 16.7 Å². The van der Waals surface area contributed by atoms with Gasteiger partial charge in [-0.05, 0) is 25.5 Å². The molecule has 2 aromatic heterocycles. The van der Waals surface area contributed by atoms with E-state index >= 15 is 0 Å². The van der Waals surface area contributed by atoms with Crippen molar-refractivity contribution in [1.29, 1.82) is 0 Å². The highest BCUT2D eigenvalue weighted by molar-refractivity contribution is 6.36. The van der Waals surface area contributed by atoms with Crippen molar-refractivity contribution in [3.05, 3.63) is 28.0 Å². The van der Waals surface area contributed by atoms with Crippen LogP contribution in [0, 0.1) is 13.8 Å². The zero-order valence-electron chi connectivity index (χ0n) is 8.26. The van der Waals surface area contributed by atoms with Crippen LogP contribution in [0.3, 0.4) is 0 Å². The molecule has 4 nitrogen and oxygen atoms in total. The minimum atomic E-state index is -1.01. The Labute approximate surface area is 90.9 Å². The summed E-state index contributed by atoms with van der Waals surface area (Å²) in [6.45, 7) is 3.69. The van der Waals surface area contributed by atoms with Crippen molar-refractivity contribution in [1.82, 2.24) is 9.97 Å². The number of rotatable bonds is 1. The first-order chi connectivity index (χ1) is 7.00. The first kappa shape index (κ1) is 9.98. The van der Waals surface area contributed by atoms with Gasteiger partial charge >= 0.3 is 5.97 Å². The van der Waals surface area contributed by atoms with Crippen LogP contribution in [0.15, 0.2) is 6.07 Å². The van der Waals surface area contributed by atoms with Crippen LogP contribution in [0.5, 0.6) is 0 Å². The van der Waals surface area contributed by atoms with Gasteiger partial charge in [0.1, 0.15) is 11.3 Å². The summed E-state index contributed by atoms with van der Waals surface area (Å²) < 4.78 is 0. The summed E-state index contributed by atoms with van der Waals surface area (Å²) in [6, 6.07) is 1.50. The zero-order valence-corrected chi connectivity index (χ0v) is 9.01. The average Bonchev–Trinajstić information content (AvgIpc) is 2.58. The Balaban J connectivity index is 2.82. The minimum absolute atomic E-state index is 0.101. The number of hydrogen-bond acceptors (Lipinski definition) is 2. The molecule has 0 aromatic carbocycles. The van der Waals surface area contributed by atoms with Crippen LogP contribution >= 0.6 is 11.6 Å². The van der Waals surface area contributed by atoms with Crippen molar-refractivity contribution in [3.8, 4) is 0 Å². The van der Waals surface area contributed by atoms with Crippen LogP contribution in [0.4, 0.5) is 0 Å². The quantitative estimate of drug-likeness (QED) is 0.782. The van der Waals surface area contributed by atoms with Gasteiger partial charge in [0.25, 0.3) is 0 Å². The first-order valence-corrected chi connectivity index (χ1v) is 4.77. The Morgan fingerprint density at radius 2 is 2.20 bits per heavy atom. The molecule has 15 heavy (non-hydrogen) atoms. The van der Waals surface area contributed by atoms with Gasteiger partial charge in [-0.15, -0.1) is 0 Å². The summed E-state index contributed by atoms with van der Waals surface area (Å²) in [5, 5.41) is 10.0. The molecule has 0 fully saturated rings. The van der Waals surface area contributed by atoms with E-state index in [0.717, 1.165) is 11.3 Å². The van der Waals surface area contributed by atoms with E-state index in [1.54, 1.807) is 0 Å². The third-order valence-corrected chi connectivity index (χ3v) is 2.90. The smallest absolute Gasteiger partial charge is 0.352 e. The average molecular weight is 225 g/mol. The fourth-order valence-electron chi connectivity index (χ4n) is 1.43. The SMILES string of the molecule is Cc1nc2[nH]c(C(=O)O)cc2c(Cl)c1C. The van der Waals surface area contributed by atoms with Crippen LogP contribution in [0.1, 0.15) is 21.7 Å². The van der Waals surface area contributed by atoms with E-state index in [-0.39, 0.29) is 5.69 Å². The van der Waals surface area contributed by atoms with Gasteiger partial charge in [-0.25, -0.2) is 9.78 Å². The molecule has 0 saturated heterocycles. The second-order valence-corrected chi connectivity index (χ2v) is 3.76. The first-order valence-electron chi connectivity index (χ1n) is 4.39. The molecular weight excluding hydrogens is 216 g/mol. The van der Waals surface area contributed by atoms with E-state index in [1.807, 2.05) is 13.8 Å². The normalized spacial score (nSPS) is 10.9. The molecule has 0 unspecified atom stereocenters. The van der Waals surface area contributed by atoms with Crippen molar-refractivity contribution in [2.75, 3.05) is 0 Å². The van der Waals surface area contributed by atoms with Gasteiger partial charge in [0.15, 0.2) is 0 Å². The number of aromatic nitrogens is 2. The third-order valence-electron chi connectivity index (χ3n) is 2.42. The molecule has 0 saturated carbocycles. The molecule has 0 aliphatic carbocycles. The lowest BCUT2D eigenvalue weighted by Crippen LogP contribution is -1.95. The Morgan fingerprint density at radius 3 is 2.80 bits per heavy atom. The summed E-state index contributed by atoms with van der Waals surface area (Å²) in [6.07, 6.45) is 0. The zero-order chi connectivity index (χ0) is 11.2. The number of nitrogens with one attached hydrogen (secondary N) is 1. The third kappa shape index (κ3) is 1.47. The second kappa shape index (κ2) is 3.24. The van der Waals surface area contributed by atoms with Crippen molar-refractivity contribution < 1.29 is 9.90 Å². The summed E-state index contributed by atoms with van der Waals surface area (Å²) in [5.41, 5.74) is 2.29. The van der Waals surface area contributed by atoms with E-state index < -0.39 is 5.97 Å². The summed E-state index contributed by atoms with van der Waals surface area (Å²) in [4.78, 5) is 17.7. The minimum Gasteiger partial charge on any atom is -0.477 e. The van der Waals surface area contributed by atoms with Gasteiger partial charge in [-0.2, -0.15) is 0 Å². The summed E-state index contributed by atoms with van der Waals surface area (Å²) >= 11 is 6.10. The number of hydrogen-bond donors (Lipinski definition) is 2. The van der Waals surface area contributed by atoms with Gasteiger partial charge in [0.05, 0.1) is 5.02 Å². The number of nitrogens with zero attached hydrogens (tertiary/aromatic N) is 1. The van der Waals surface area contributed by atoms with Gasteiger partial charge in [0, 0.05) is 11.1 Å². The Kier molecular flexibility index (Phi) is 2.16. The number of fused-ring (bicyclic) bond motifs is 1. The van der Waals surface area contributed by atoms with Gasteiger partial charge in [0.2, 0.25) is 0 Å². The molecule has 0 radical (unpaired) electrons. The molecule has 2 heterocycles. The number of H-pyrrole nitrogens is 1. The molecule has 2 N–H and O–H groups in total. The van der Waals surface area contributed by atoms with Crippen LogP contribution < -0.4 is 0 Å². The molecule has 0 amide bonds. The van der Waals surface area contributed by atoms with Crippen molar-refractivity contribution >= 4 is 28.6 Å². The molecule has 2 aromatic rings. The topological polar surface area (TPSA) is 66.0 Å². The van der Waals surface area contributed by atoms with Gasteiger partial charge in [-0.1, -0.05) is 11.6 Å². The highest BCUT2D eigenvalue weighted by Crippen LogP contribution is 2.27. The van der Waals surface area contributed by atoms with E-state index in [2.05, 4.69) is 9.97 Å². The molecule has 5 heteroatoms. The maximum atomic E-state index is 10.7. The number of aromatic amines is 1. The van der Waals surface area contributed by atoms with Crippen LogP contribution in [-0.2, 0) is 0 Å². The standard InChI is InChI=1S/C10H9ClN2O2/c1-4-5(2)12-9-6(8(4)11)3-7(13-9)10(14)15/h3H,1-2H3,(H,12,13)(H,14,15). The lowest BCUT2D eigenvalue weighted by atomic mass is 10.2. The predicted octanol–water partition coefficient (Wildman–Crippen LogP) is 2.53. The Bertz CT molecular complexity index is 560. The monoisotopic (exact) mass is 224 g/mol.